The van der Waals surface area contributed by atoms with Crippen LogP contribution in [0, 0.1) is 0 Å². The summed E-state index contributed by atoms with van der Waals surface area (Å²) < 4.78 is 32.8. The molecule has 2 N–H and O–H groups in total. The van der Waals surface area contributed by atoms with Gasteiger partial charge in [-0.05, 0) is 24.6 Å². The standard InChI is InChI=1S/C24H31N5O5S/c1-27(10-11-34-3)23(31)16-28(2)35(32,33)19-13-20(22-12-17-6-4-5-7-21(17)26-22)24(25-14-19)29-9-8-18(30)15-29/h4-7,12-14,18,26,30H,8-11,15-16H2,1-3H3/t18-/m0/s1. The number of H-pyrrole nitrogens is 1. The lowest BCUT2D eigenvalue weighted by Gasteiger charge is -2.23. The number of methoxy groups -OCH3 is 1. The van der Waals surface area contributed by atoms with E-state index in [2.05, 4.69) is 9.97 Å². The van der Waals surface area contributed by atoms with Crippen LogP contribution in [0.4, 0.5) is 5.82 Å². The fraction of sp³-hybridized carbons (Fsp3) is 0.417. The van der Waals surface area contributed by atoms with Gasteiger partial charge in [0, 0.05) is 63.5 Å². The quantitative estimate of drug-likeness (QED) is 0.456. The normalized spacial score (nSPS) is 16.4. The number of β-amino-alcohol motifs (C(OH)–C–C–N with tert-alkyl or cyclic N) is 1. The minimum absolute atomic E-state index is 0.00973. The number of nitrogens with one attached hydrogen (secondary N) is 1. The molecule has 1 amide bonds. The van der Waals surface area contributed by atoms with Gasteiger partial charge < -0.3 is 24.6 Å². The van der Waals surface area contributed by atoms with Crippen LogP contribution < -0.4 is 4.90 Å². The molecule has 1 fully saturated rings. The molecule has 0 aliphatic carbocycles. The number of aliphatic hydroxyl groups is 1. The molecule has 1 aliphatic rings. The number of nitrogens with zero attached hydrogens (tertiary/aromatic N) is 4. The third-order valence-corrected chi connectivity index (χ3v) is 8.02. The number of rotatable bonds is 9. The van der Waals surface area contributed by atoms with Crippen molar-refractivity contribution >= 4 is 32.7 Å². The second-order valence-electron chi connectivity index (χ2n) is 8.77. The number of carbonyl (C=O) groups is 1. The summed E-state index contributed by atoms with van der Waals surface area (Å²) in [5.41, 5.74) is 2.27. The highest BCUT2D eigenvalue weighted by atomic mass is 32.2. The van der Waals surface area contributed by atoms with Crippen LogP contribution in [0.1, 0.15) is 6.42 Å². The molecule has 0 radical (unpaired) electrons. The number of pyridine rings is 1. The molecule has 1 saturated heterocycles. The molecule has 3 aromatic rings. The molecule has 4 rings (SSSR count). The Kier molecular flexibility index (Phi) is 7.41. The SMILES string of the molecule is COCCN(C)C(=O)CN(C)S(=O)(=O)c1cnc(N2CC[C@H](O)C2)c(-c2cc3ccccc3[nH]2)c1. The lowest BCUT2D eigenvalue weighted by atomic mass is 10.1. The summed E-state index contributed by atoms with van der Waals surface area (Å²) in [5.74, 6) is 0.268. The molecular formula is C24H31N5O5S. The minimum atomic E-state index is -3.99. The molecule has 3 heterocycles. The van der Waals surface area contributed by atoms with Gasteiger partial charge in [0.2, 0.25) is 15.9 Å². The zero-order valence-electron chi connectivity index (χ0n) is 20.1. The van der Waals surface area contributed by atoms with E-state index in [9.17, 15) is 18.3 Å². The summed E-state index contributed by atoms with van der Waals surface area (Å²) in [4.78, 5) is 23.8. The van der Waals surface area contributed by atoms with Crippen molar-refractivity contribution in [2.75, 3.05) is 58.9 Å². The van der Waals surface area contributed by atoms with Gasteiger partial charge in [0.15, 0.2) is 0 Å². The Morgan fingerprint density at radius 2 is 2.06 bits per heavy atom. The number of anilines is 1. The molecule has 1 aromatic carbocycles. The van der Waals surface area contributed by atoms with Gasteiger partial charge >= 0.3 is 0 Å². The number of carbonyl (C=O) groups excluding carboxylic acids is 1. The highest BCUT2D eigenvalue weighted by molar-refractivity contribution is 7.89. The number of benzene rings is 1. The number of hydrogen-bond acceptors (Lipinski definition) is 7. The average Bonchev–Trinajstić information content (AvgIpc) is 3.48. The lowest BCUT2D eigenvalue weighted by molar-refractivity contribution is -0.130. The van der Waals surface area contributed by atoms with Crippen molar-refractivity contribution in [3.8, 4) is 11.3 Å². The first kappa shape index (κ1) is 25.1. The van der Waals surface area contributed by atoms with Gasteiger partial charge in [-0.15, -0.1) is 0 Å². The summed E-state index contributed by atoms with van der Waals surface area (Å²) in [7, 11) is 0.539. The Hall–Kier alpha value is -2.99. The maximum Gasteiger partial charge on any atom is 0.244 e. The summed E-state index contributed by atoms with van der Waals surface area (Å²) in [6, 6.07) is 11.3. The predicted molar refractivity (Wildman–Crippen MR) is 134 cm³/mol. The Bertz CT molecular complexity index is 1280. The fourth-order valence-corrected chi connectivity index (χ4v) is 5.20. The monoisotopic (exact) mass is 501 g/mol. The van der Waals surface area contributed by atoms with E-state index in [1.54, 1.807) is 20.2 Å². The third-order valence-electron chi connectivity index (χ3n) is 6.25. The van der Waals surface area contributed by atoms with E-state index < -0.39 is 16.1 Å². The molecule has 0 bridgehead atoms. The van der Waals surface area contributed by atoms with Crippen LogP contribution in [-0.2, 0) is 19.6 Å². The van der Waals surface area contributed by atoms with Crippen LogP contribution in [0.15, 0.2) is 47.5 Å². The number of para-hydroxylation sites is 1. The van der Waals surface area contributed by atoms with Gasteiger partial charge in [0.1, 0.15) is 10.7 Å². The van der Waals surface area contributed by atoms with Gasteiger partial charge in [-0.3, -0.25) is 4.79 Å². The van der Waals surface area contributed by atoms with Crippen LogP contribution in [-0.4, -0.2) is 98.7 Å². The number of aromatic amines is 1. The van der Waals surface area contributed by atoms with Gasteiger partial charge in [-0.2, -0.15) is 4.31 Å². The second-order valence-corrected chi connectivity index (χ2v) is 10.8. The number of fused-ring (bicyclic) bond motifs is 1. The van der Waals surface area contributed by atoms with Gasteiger partial charge in [-0.25, -0.2) is 13.4 Å². The molecule has 35 heavy (non-hydrogen) atoms. The van der Waals surface area contributed by atoms with Crippen LogP contribution in [0.3, 0.4) is 0 Å². The first-order valence-corrected chi connectivity index (χ1v) is 12.8. The van der Waals surface area contributed by atoms with E-state index in [4.69, 9.17) is 4.74 Å². The molecule has 0 unspecified atom stereocenters. The number of hydrogen-bond donors (Lipinski definition) is 2. The van der Waals surface area contributed by atoms with E-state index >= 15 is 0 Å². The van der Waals surface area contributed by atoms with E-state index in [1.807, 2.05) is 35.2 Å². The smallest absolute Gasteiger partial charge is 0.244 e. The Morgan fingerprint density at radius 3 is 2.74 bits per heavy atom. The maximum absolute atomic E-state index is 13.4. The van der Waals surface area contributed by atoms with Crippen LogP contribution >= 0.6 is 0 Å². The Labute approximate surface area is 205 Å². The second kappa shape index (κ2) is 10.3. The van der Waals surface area contributed by atoms with Crippen molar-refractivity contribution in [2.24, 2.45) is 0 Å². The molecular weight excluding hydrogens is 470 g/mol. The van der Waals surface area contributed by atoms with Crippen molar-refractivity contribution < 1.29 is 23.1 Å². The zero-order chi connectivity index (χ0) is 25.2. The van der Waals surface area contributed by atoms with Crippen molar-refractivity contribution in [1.29, 1.82) is 0 Å². The highest BCUT2D eigenvalue weighted by Crippen LogP contribution is 2.34. The van der Waals surface area contributed by atoms with E-state index in [-0.39, 0.29) is 17.3 Å². The molecule has 1 atom stereocenters. The number of sulfonamides is 1. The molecule has 0 spiro atoms. The summed E-state index contributed by atoms with van der Waals surface area (Å²) >= 11 is 0. The molecule has 2 aromatic heterocycles. The number of ether oxygens (including phenoxy) is 1. The summed E-state index contributed by atoms with van der Waals surface area (Å²) in [6.45, 7) is 1.48. The predicted octanol–water partition coefficient (Wildman–Crippen LogP) is 1.53. The number of amides is 1. The van der Waals surface area contributed by atoms with Gasteiger partial charge in [0.25, 0.3) is 0 Å². The Morgan fingerprint density at radius 1 is 1.29 bits per heavy atom. The zero-order valence-corrected chi connectivity index (χ0v) is 21.0. The summed E-state index contributed by atoms with van der Waals surface area (Å²) in [5, 5.41) is 11.0. The fourth-order valence-electron chi connectivity index (χ4n) is 4.11. The van der Waals surface area contributed by atoms with Crippen molar-refractivity contribution in [3.05, 3.63) is 42.6 Å². The van der Waals surface area contributed by atoms with Crippen molar-refractivity contribution in [1.82, 2.24) is 19.2 Å². The molecule has 11 heteroatoms. The molecule has 1 aliphatic heterocycles. The number of aromatic nitrogens is 2. The summed E-state index contributed by atoms with van der Waals surface area (Å²) in [6.07, 6.45) is 1.48. The van der Waals surface area contributed by atoms with E-state index in [0.29, 0.717) is 44.0 Å². The highest BCUT2D eigenvalue weighted by Gasteiger charge is 2.29. The van der Waals surface area contributed by atoms with E-state index in [0.717, 1.165) is 20.9 Å². The third kappa shape index (κ3) is 5.32. The molecule has 10 nitrogen and oxygen atoms in total. The Balaban J connectivity index is 1.69. The average molecular weight is 502 g/mol. The minimum Gasteiger partial charge on any atom is -0.391 e. The van der Waals surface area contributed by atoms with Crippen LogP contribution in [0.5, 0.6) is 0 Å². The first-order chi connectivity index (χ1) is 16.7. The number of aliphatic hydroxyl groups excluding tert-OH is 1. The first-order valence-electron chi connectivity index (χ1n) is 11.4. The number of likely N-dealkylation sites (N-methyl/N-ethyl adjacent to an activating group) is 2. The van der Waals surface area contributed by atoms with Crippen LogP contribution in [0.2, 0.25) is 0 Å². The van der Waals surface area contributed by atoms with Crippen molar-refractivity contribution in [2.45, 2.75) is 17.4 Å². The van der Waals surface area contributed by atoms with Crippen LogP contribution in [0.25, 0.3) is 22.2 Å². The van der Waals surface area contributed by atoms with Gasteiger partial charge in [0.05, 0.1) is 24.9 Å². The largest absolute Gasteiger partial charge is 0.391 e. The molecule has 0 saturated carbocycles. The van der Waals surface area contributed by atoms with Crippen molar-refractivity contribution in [3.63, 3.8) is 0 Å². The van der Waals surface area contributed by atoms with E-state index in [1.165, 1.54) is 18.1 Å². The topological polar surface area (TPSA) is 119 Å². The maximum atomic E-state index is 13.4. The molecule has 188 valence electrons. The lowest BCUT2D eigenvalue weighted by Crippen LogP contribution is -2.40. The van der Waals surface area contributed by atoms with Gasteiger partial charge in [-0.1, -0.05) is 18.2 Å².